The highest BCUT2D eigenvalue weighted by atomic mass is 31.2. The minimum atomic E-state index is -4.43. The van der Waals surface area contributed by atoms with Gasteiger partial charge in [0.05, 0.1) is 12.9 Å². The number of aromatic nitrogens is 4. The Kier molecular flexibility index (Phi) is 3.42. The molecule has 0 radical (unpaired) electrons. The maximum absolute atomic E-state index is 11.5. The second kappa shape index (κ2) is 4.74. The molecule has 2 rings (SSSR count). The van der Waals surface area contributed by atoms with Crippen molar-refractivity contribution in [2.45, 2.75) is 12.4 Å². The standard InChI is InChI=1S/C8H12N5O5P/c1-18-4(19(15,16)17)2-13-3-10-5-6(13)11-8(9)12-7(5)14/h3-4H,2H2,1H3,(H2,15,16,17)(H3,9,11,12,14). The van der Waals surface area contributed by atoms with Gasteiger partial charge in [-0.3, -0.25) is 14.3 Å². The first-order chi connectivity index (χ1) is 8.82. The van der Waals surface area contributed by atoms with E-state index in [9.17, 15) is 9.36 Å². The van der Waals surface area contributed by atoms with Gasteiger partial charge in [-0.15, -0.1) is 0 Å². The van der Waals surface area contributed by atoms with E-state index in [0.717, 1.165) is 0 Å². The SMILES string of the molecule is COC(Cn1cnc2c(=O)[nH]c(N)nc21)P(=O)(O)O. The molecular formula is C8H12N5O5P. The summed E-state index contributed by atoms with van der Waals surface area (Å²) in [5.41, 5.74) is 5.06. The van der Waals surface area contributed by atoms with Crippen LogP contribution in [0.15, 0.2) is 11.1 Å². The zero-order valence-corrected chi connectivity index (χ0v) is 10.7. The maximum atomic E-state index is 11.5. The molecule has 19 heavy (non-hydrogen) atoms. The number of nitrogens with one attached hydrogen (secondary N) is 1. The van der Waals surface area contributed by atoms with E-state index in [2.05, 4.69) is 15.0 Å². The lowest BCUT2D eigenvalue weighted by molar-refractivity contribution is 0.123. The fourth-order valence-electron chi connectivity index (χ4n) is 1.59. The Hall–Kier alpha value is -1.74. The number of hydrogen-bond donors (Lipinski definition) is 4. The van der Waals surface area contributed by atoms with Gasteiger partial charge in [0.1, 0.15) is 0 Å². The Labute approximate surface area is 106 Å². The van der Waals surface area contributed by atoms with Gasteiger partial charge in [0, 0.05) is 7.11 Å². The number of nitrogens with two attached hydrogens (primary N) is 1. The third kappa shape index (κ3) is 2.66. The smallest absolute Gasteiger partial charge is 0.355 e. The van der Waals surface area contributed by atoms with Crippen molar-refractivity contribution in [2.24, 2.45) is 0 Å². The van der Waals surface area contributed by atoms with E-state index in [1.54, 1.807) is 0 Å². The third-order valence-electron chi connectivity index (χ3n) is 2.49. The number of fused-ring (bicyclic) bond motifs is 1. The van der Waals surface area contributed by atoms with Crippen LogP contribution in [0.1, 0.15) is 0 Å². The lowest BCUT2D eigenvalue weighted by Gasteiger charge is -2.17. The van der Waals surface area contributed by atoms with Gasteiger partial charge < -0.3 is 24.8 Å². The first kappa shape index (κ1) is 13.7. The van der Waals surface area contributed by atoms with Crippen LogP contribution in [-0.4, -0.2) is 42.3 Å². The summed E-state index contributed by atoms with van der Waals surface area (Å²) in [5.74, 6) is -1.46. The molecule has 104 valence electrons. The van der Waals surface area contributed by atoms with Crippen molar-refractivity contribution < 1.29 is 19.1 Å². The minimum Gasteiger partial charge on any atom is -0.369 e. The van der Waals surface area contributed by atoms with Crippen LogP contribution in [0, 0.1) is 0 Å². The molecule has 1 unspecified atom stereocenters. The highest BCUT2D eigenvalue weighted by Crippen LogP contribution is 2.42. The second-order valence-electron chi connectivity index (χ2n) is 3.80. The largest absolute Gasteiger partial charge is 0.369 e. The lowest BCUT2D eigenvalue weighted by atomic mass is 10.5. The van der Waals surface area contributed by atoms with E-state index in [-0.39, 0.29) is 23.7 Å². The lowest BCUT2D eigenvalue weighted by Crippen LogP contribution is -2.19. The fourth-order valence-corrected chi connectivity index (χ4v) is 2.25. The molecule has 0 aliphatic carbocycles. The van der Waals surface area contributed by atoms with Gasteiger partial charge in [-0.1, -0.05) is 0 Å². The third-order valence-corrected chi connectivity index (χ3v) is 3.62. The average molecular weight is 289 g/mol. The number of anilines is 1. The summed E-state index contributed by atoms with van der Waals surface area (Å²) in [4.78, 5) is 39.7. The van der Waals surface area contributed by atoms with Crippen LogP contribution in [0.2, 0.25) is 0 Å². The molecule has 0 saturated heterocycles. The number of aromatic amines is 1. The minimum absolute atomic E-state index is 0.0368. The normalized spacial score (nSPS) is 13.8. The number of rotatable bonds is 4. The second-order valence-corrected chi connectivity index (χ2v) is 5.55. The quantitative estimate of drug-likeness (QED) is 0.514. The predicted octanol–water partition coefficient (Wildman–Crippen LogP) is -1.15. The van der Waals surface area contributed by atoms with E-state index < -0.39 is 19.0 Å². The number of hydrogen-bond acceptors (Lipinski definition) is 6. The van der Waals surface area contributed by atoms with Crippen molar-refractivity contribution >= 4 is 24.7 Å². The molecule has 0 saturated carbocycles. The average Bonchev–Trinajstić information content (AvgIpc) is 2.67. The zero-order valence-electron chi connectivity index (χ0n) is 9.85. The molecule has 11 heteroatoms. The Bertz CT molecular complexity index is 703. The molecule has 2 heterocycles. The monoisotopic (exact) mass is 289 g/mol. The van der Waals surface area contributed by atoms with E-state index in [4.69, 9.17) is 20.3 Å². The molecule has 0 aliphatic rings. The highest BCUT2D eigenvalue weighted by Gasteiger charge is 2.29. The van der Waals surface area contributed by atoms with Crippen molar-refractivity contribution in [1.82, 2.24) is 19.5 Å². The maximum Gasteiger partial charge on any atom is 0.355 e. The Balaban J connectivity index is 2.47. The first-order valence-corrected chi connectivity index (χ1v) is 6.79. The number of nitrogen functional groups attached to an aromatic ring is 1. The summed E-state index contributed by atoms with van der Waals surface area (Å²) in [6.45, 7) is -0.201. The number of H-pyrrole nitrogens is 1. The summed E-state index contributed by atoms with van der Waals surface area (Å²) in [7, 11) is -3.26. The summed E-state index contributed by atoms with van der Waals surface area (Å²) in [5, 5.41) is 0. The molecule has 1 atom stereocenters. The Morgan fingerprint density at radius 3 is 2.89 bits per heavy atom. The van der Waals surface area contributed by atoms with Crippen molar-refractivity contribution in [3.63, 3.8) is 0 Å². The van der Waals surface area contributed by atoms with Gasteiger partial charge in [-0.05, 0) is 0 Å². The number of imidazole rings is 1. The van der Waals surface area contributed by atoms with Crippen LogP contribution in [0.4, 0.5) is 5.95 Å². The van der Waals surface area contributed by atoms with Crippen molar-refractivity contribution in [3.8, 4) is 0 Å². The number of nitrogens with zero attached hydrogens (tertiary/aromatic N) is 3. The van der Waals surface area contributed by atoms with Gasteiger partial charge >= 0.3 is 7.60 Å². The molecule has 0 fully saturated rings. The number of ether oxygens (including phenoxy) is 1. The van der Waals surface area contributed by atoms with E-state index >= 15 is 0 Å². The van der Waals surface area contributed by atoms with E-state index in [1.807, 2.05) is 0 Å². The van der Waals surface area contributed by atoms with Crippen molar-refractivity contribution in [2.75, 3.05) is 12.8 Å². The molecule has 0 bridgehead atoms. The molecule has 0 aliphatic heterocycles. The zero-order chi connectivity index (χ0) is 14.2. The number of methoxy groups -OCH3 is 1. The van der Waals surface area contributed by atoms with E-state index in [1.165, 1.54) is 18.0 Å². The van der Waals surface area contributed by atoms with Gasteiger partial charge in [-0.25, -0.2) is 4.98 Å². The fraction of sp³-hybridized carbons (Fsp3) is 0.375. The highest BCUT2D eigenvalue weighted by molar-refractivity contribution is 7.52. The van der Waals surface area contributed by atoms with Crippen LogP contribution in [-0.2, 0) is 15.8 Å². The molecule has 0 spiro atoms. The first-order valence-electron chi connectivity index (χ1n) is 5.11. The van der Waals surface area contributed by atoms with E-state index in [0.29, 0.717) is 0 Å². The molecule has 2 aromatic rings. The van der Waals surface area contributed by atoms with Crippen LogP contribution in [0.5, 0.6) is 0 Å². The molecule has 5 N–H and O–H groups in total. The molecule has 2 aromatic heterocycles. The van der Waals surface area contributed by atoms with Crippen LogP contribution < -0.4 is 11.3 Å². The summed E-state index contributed by atoms with van der Waals surface area (Å²) in [6, 6.07) is 0. The summed E-state index contributed by atoms with van der Waals surface area (Å²) in [6.07, 6.45) is 1.24. The van der Waals surface area contributed by atoms with Gasteiger partial charge in [0.25, 0.3) is 5.56 Å². The topological polar surface area (TPSA) is 156 Å². The van der Waals surface area contributed by atoms with Gasteiger partial charge in [0.2, 0.25) is 5.95 Å². The molecule has 0 aromatic carbocycles. The van der Waals surface area contributed by atoms with Gasteiger partial charge in [0.15, 0.2) is 17.0 Å². The summed E-state index contributed by atoms with van der Waals surface area (Å²) < 4.78 is 17.2. The Morgan fingerprint density at radius 2 is 2.32 bits per heavy atom. The molecular weight excluding hydrogens is 277 g/mol. The predicted molar refractivity (Wildman–Crippen MR) is 65.4 cm³/mol. The van der Waals surface area contributed by atoms with Crippen LogP contribution in [0.25, 0.3) is 11.2 Å². The van der Waals surface area contributed by atoms with Crippen molar-refractivity contribution in [1.29, 1.82) is 0 Å². The van der Waals surface area contributed by atoms with Gasteiger partial charge in [-0.2, -0.15) is 4.98 Å². The van der Waals surface area contributed by atoms with Crippen LogP contribution in [0.3, 0.4) is 0 Å². The molecule has 0 amide bonds. The summed E-state index contributed by atoms with van der Waals surface area (Å²) >= 11 is 0. The van der Waals surface area contributed by atoms with Crippen molar-refractivity contribution in [3.05, 3.63) is 16.7 Å². The molecule has 10 nitrogen and oxygen atoms in total. The Morgan fingerprint density at radius 1 is 1.63 bits per heavy atom. The van der Waals surface area contributed by atoms with Crippen LogP contribution >= 0.6 is 7.60 Å².